The molecule has 0 radical (unpaired) electrons. The molecule has 2 heterocycles. The van der Waals surface area contributed by atoms with E-state index in [1.807, 2.05) is 6.07 Å². The van der Waals surface area contributed by atoms with E-state index in [1.165, 1.54) is 0 Å². The number of aromatic nitrogens is 1. The van der Waals surface area contributed by atoms with Crippen LogP contribution in [0.5, 0.6) is 0 Å². The van der Waals surface area contributed by atoms with Crippen LogP contribution in [0.15, 0.2) is 23.5 Å². The zero-order valence-corrected chi connectivity index (χ0v) is 11.3. The monoisotopic (exact) mass is 264 g/mol. The molecule has 1 aromatic rings. The molecule has 1 atom stereocenters. The second-order valence-corrected chi connectivity index (χ2v) is 5.07. The number of amidine groups is 1. The molecule has 0 bridgehead atoms. The van der Waals surface area contributed by atoms with Crippen molar-refractivity contribution in [3.63, 3.8) is 0 Å². The number of oxime groups is 1. The Morgan fingerprint density at radius 1 is 1.58 bits per heavy atom. The second kappa shape index (κ2) is 5.44. The van der Waals surface area contributed by atoms with Crippen molar-refractivity contribution in [3.8, 4) is 0 Å². The lowest BCUT2D eigenvalue weighted by atomic mass is 9.94. The van der Waals surface area contributed by atoms with Crippen LogP contribution < -0.4 is 10.6 Å². The lowest BCUT2D eigenvalue weighted by molar-refractivity contribution is -0.00466. The summed E-state index contributed by atoms with van der Waals surface area (Å²) in [5.74, 6) is 0.0203. The molecule has 19 heavy (non-hydrogen) atoms. The zero-order valence-electron chi connectivity index (χ0n) is 11.3. The van der Waals surface area contributed by atoms with E-state index in [-0.39, 0.29) is 11.4 Å². The fourth-order valence-corrected chi connectivity index (χ4v) is 2.37. The van der Waals surface area contributed by atoms with Gasteiger partial charge in [-0.15, -0.1) is 0 Å². The summed E-state index contributed by atoms with van der Waals surface area (Å²) in [6.07, 6.45) is 3.90. The lowest BCUT2D eigenvalue weighted by Crippen LogP contribution is -2.47. The zero-order chi connectivity index (χ0) is 13.9. The van der Waals surface area contributed by atoms with Gasteiger partial charge in [-0.2, -0.15) is 0 Å². The largest absolute Gasteiger partial charge is 0.409 e. The number of ether oxygens (including phenoxy) is 1. The quantitative estimate of drug-likeness (QED) is 0.371. The van der Waals surface area contributed by atoms with Crippen LogP contribution in [0.1, 0.15) is 25.5 Å². The third kappa shape index (κ3) is 2.96. The Bertz CT molecular complexity index is 460. The highest BCUT2D eigenvalue weighted by Gasteiger charge is 2.30. The summed E-state index contributed by atoms with van der Waals surface area (Å²) in [7, 11) is 1.75. The standard InChI is InChI=1S/C13H20N4O2/c1-13(19-2)6-3-7-17(9-13)10-4-5-11(15-8-10)12(14)16-18/h4-5,8,18H,3,6-7,9H2,1-2H3,(H2,14,16). The second-order valence-electron chi connectivity index (χ2n) is 5.07. The van der Waals surface area contributed by atoms with E-state index in [1.54, 1.807) is 19.4 Å². The Morgan fingerprint density at radius 2 is 2.37 bits per heavy atom. The summed E-state index contributed by atoms with van der Waals surface area (Å²) >= 11 is 0. The van der Waals surface area contributed by atoms with Gasteiger partial charge in [0.1, 0.15) is 5.69 Å². The number of rotatable bonds is 3. The van der Waals surface area contributed by atoms with E-state index < -0.39 is 0 Å². The van der Waals surface area contributed by atoms with Gasteiger partial charge in [-0.25, -0.2) is 0 Å². The number of nitrogens with zero attached hydrogens (tertiary/aromatic N) is 3. The first-order chi connectivity index (χ1) is 9.08. The maximum absolute atomic E-state index is 8.60. The van der Waals surface area contributed by atoms with Crippen molar-refractivity contribution < 1.29 is 9.94 Å². The molecule has 104 valence electrons. The first-order valence-electron chi connectivity index (χ1n) is 6.32. The summed E-state index contributed by atoms with van der Waals surface area (Å²) in [5.41, 5.74) is 6.88. The van der Waals surface area contributed by atoms with Crippen LogP contribution in [0.3, 0.4) is 0 Å². The van der Waals surface area contributed by atoms with Gasteiger partial charge in [-0.1, -0.05) is 5.16 Å². The first-order valence-corrected chi connectivity index (χ1v) is 6.32. The molecule has 0 aromatic carbocycles. The van der Waals surface area contributed by atoms with Crippen LogP contribution in [0.25, 0.3) is 0 Å². The SMILES string of the molecule is COC1(C)CCCN(c2ccc(/C(N)=N/O)nc2)C1. The maximum atomic E-state index is 8.60. The highest BCUT2D eigenvalue weighted by atomic mass is 16.5. The molecular formula is C13H20N4O2. The minimum absolute atomic E-state index is 0.0203. The fraction of sp³-hybridized carbons (Fsp3) is 0.538. The van der Waals surface area contributed by atoms with Gasteiger partial charge in [0.05, 0.1) is 17.5 Å². The first kappa shape index (κ1) is 13.6. The number of anilines is 1. The lowest BCUT2D eigenvalue weighted by Gasteiger charge is -2.40. The van der Waals surface area contributed by atoms with Crippen LogP contribution in [0, 0.1) is 0 Å². The molecule has 2 rings (SSSR count). The number of hydrogen-bond donors (Lipinski definition) is 2. The number of methoxy groups -OCH3 is 1. The summed E-state index contributed by atoms with van der Waals surface area (Å²) in [6, 6.07) is 3.69. The molecule has 0 aliphatic carbocycles. The number of hydrogen-bond acceptors (Lipinski definition) is 5. The van der Waals surface area contributed by atoms with E-state index in [0.717, 1.165) is 31.6 Å². The van der Waals surface area contributed by atoms with Gasteiger partial charge in [-0.3, -0.25) is 4.98 Å². The van der Waals surface area contributed by atoms with Gasteiger partial charge in [0.2, 0.25) is 0 Å². The van der Waals surface area contributed by atoms with E-state index >= 15 is 0 Å². The molecule has 1 saturated heterocycles. The van der Waals surface area contributed by atoms with Crippen LogP contribution in [-0.4, -0.2) is 41.8 Å². The number of pyridine rings is 1. The van der Waals surface area contributed by atoms with Crippen molar-refractivity contribution in [1.82, 2.24) is 4.98 Å². The van der Waals surface area contributed by atoms with Crippen molar-refractivity contribution in [2.75, 3.05) is 25.1 Å². The minimum atomic E-state index is -0.109. The molecule has 0 saturated carbocycles. The van der Waals surface area contributed by atoms with Crippen LogP contribution >= 0.6 is 0 Å². The van der Waals surface area contributed by atoms with Crippen molar-refractivity contribution >= 4 is 11.5 Å². The van der Waals surface area contributed by atoms with Crippen LogP contribution in [-0.2, 0) is 4.74 Å². The molecule has 1 unspecified atom stereocenters. The van der Waals surface area contributed by atoms with E-state index in [2.05, 4.69) is 22.0 Å². The smallest absolute Gasteiger partial charge is 0.188 e. The molecule has 1 aliphatic rings. The molecule has 3 N–H and O–H groups in total. The normalized spacial score (nSPS) is 24.5. The molecular weight excluding hydrogens is 244 g/mol. The van der Waals surface area contributed by atoms with Crippen molar-refractivity contribution in [3.05, 3.63) is 24.0 Å². The average Bonchev–Trinajstić information content (AvgIpc) is 2.46. The number of piperidine rings is 1. The Hall–Kier alpha value is -1.82. The molecule has 0 spiro atoms. The van der Waals surface area contributed by atoms with E-state index in [9.17, 15) is 0 Å². The van der Waals surface area contributed by atoms with Gasteiger partial charge < -0.3 is 20.6 Å². The third-order valence-electron chi connectivity index (χ3n) is 3.63. The maximum Gasteiger partial charge on any atom is 0.188 e. The van der Waals surface area contributed by atoms with Crippen molar-refractivity contribution in [2.24, 2.45) is 10.9 Å². The van der Waals surface area contributed by atoms with E-state index in [4.69, 9.17) is 15.7 Å². The molecule has 1 aliphatic heterocycles. The molecule has 6 nitrogen and oxygen atoms in total. The highest BCUT2D eigenvalue weighted by Crippen LogP contribution is 2.27. The molecule has 6 heteroatoms. The molecule has 1 aromatic heterocycles. The minimum Gasteiger partial charge on any atom is -0.409 e. The summed E-state index contributed by atoms with van der Waals surface area (Å²) in [6.45, 7) is 3.95. The Kier molecular flexibility index (Phi) is 3.90. The predicted octanol–water partition coefficient (Wildman–Crippen LogP) is 1.18. The van der Waals surface area contributed by atoms with Gasteiger partial charge in [0.25, 0.3) is 0 Å². The fourth-order valence-electron chi connectivity index (χ4n) is 2.37. The summed E-state index contributed by atoms with van der Waals surface area (Å²) < 4.78 is 5.58. The van der Waals surface area contributed by atoms with Crippen molar-refractivity contribution in [1.29, 1.82) is 0 Å². The molecule has 0 amide bonds. The van der Waals surface area contributed by atoms with Gasteiger partial charge >= 0.3 is 0 Å². The van der Waals surface area contributed by atoms with Gasteiger partial charge in [0.15, 0.2) is 5.84 Å². The predicted molar refractivity (Wildman–Crippen MR) is 73.6 cm³/mol. The number of nitrogens with two attached hydrogens (primary N) is 1. The van der Waals surface area contributed by atoms with E-state index in [0.29, 0.717) is 5.69 Å². The summed E-state index contributed by atoms with van der Waals surface area (Å²) in [5, 5.41) is 11.5. The van der Waals surface area contributed by atoms with Gasteiger partial charge in [0, 0.05) is 20.2 Å². The Labute approximate surface area is 112 Å². The Morgan fingerprint density at radius 3 is 2.95 bits per heavy atom. The van der Waals surface area contributed by atoms with Crippen LogP contribution in [0.4, 0.5) is 5.69 Å². The average molecular weight is 264 g/mol. The third-order valence-corrected chi connectivity index (χ3v) is 3.63. The van der Waals surface area contributed by atoms with Crippen LogP contribution in [0.2, 0.25) is 0 Å². The van der Waals surface area contributed by atoms with Gasteiger partial charge in [-0.05, 0) is 31.9 Å². The highest BCUT2D eigenvalue weighted by molar-refractivity contribution is 5.95. The topological polar surface area (TPSA) is 84.0 Å². The summed E-state index contributed by atoms with van der Waals surface area (Å²) in [4.78, 5) is 6.45. The van der Waals surface area contributed by atoms with Crippen molar-refractivity contribution in [2.45, 2.75) is 25.4 Å². The Balaban J connectivity index is 2.14. The molecule has 1 fully saturated rings.